The number of amides is 1. The number of rotatable bonds is 10. The van der Waals surface area contributed by atoms with Crippen LogP contribution in [0.2, 0.25) is 5.02 Å². The van der Waals surface area contributed by atoms with Crippen molar-refractivity contribution in [2.24, 2.45) is 0 Å². The molecule has 0 aliphatic carbocycles. The van der Waals surface area contributed by atoms with Gasteiger partial charge < -0.3 is 15.4 Å². The van der Waals surface area contributed by atoms with Crippen molar-refractivity contribution in [3.05, 3.63) is 80.1 Å². The van der Waals surface area contributed by atoms with Crippen LogP contribution in [0.15, 0.2) is 58.1 Å². The van der Waals surface area contributed by atoms with Crippen LogP contribution in [0.4, 0.5) is 38.0 Å². The Bertz CT molecular complexity index is 1440. The minimum Gasteiger partial charge on any atom is -0.481 e. The fourth-order valence-electron chi connectivity index (χ4n) is 3.25. The SMILES string of the molecule is C[C@@H](Oc1ccc(Nc2nc(=O)n(CCC(=O)NCC(F)(F)F)c(=O)n2Cc2ccc(Cl)cc2)cc1)C(F)(F)F. The van der Waals surface area contributed by atoms with Crippen LogP contribution in [0, 0.1) is 0 Å². The third kappa shape index (κ3) is 8.76. The largest absolute Gasteiger partial charge is 0.481 e. The molecule has 1 heterocycles. The van der Waals surface area contributed by atoms with Crippen LogP contribution in [-0.4, -0.2) is 45.0 Å². The van der Waals surface area contributed by atoms with Crippen LogP contribution in [0.25, 0.3) is 0 Å². The van der Waals surface area contributed by atoms with Crippen molar-refractivity contribution < 1.29 is 35.9 Å². The van der Waals surface area contributed by atoms with Gasteiger partial charge in [-0.3, -0.25) is 9.36 Å². The lowest BCUT2D eigenvalue weighted by atomic mass is 10.2. The predicted molar refractivity (Wildman–Crippen MR) is 133 cm³/mol. The average molecular weight is 594 g/mol. The maximum atomic E-state index is 13.3. The summed E-state index contributed by atoms with van der Waals surface area (Å²) >= 11 is 5.90. The molecule has 0 aliphatic heterocycles. The van der Waals surface area contributed by atoms with E-state index in [1.807, 2.05) is 0 Å². The van der Waals surface area contributed by atoms with Gasteiger partial charge in [-0.25, -0.2) is 14.2 Å². The Morgan fingerprint density at radius 3 is 2.20 bits per heavy atom. The zero-order chi connectivity index (χ0) is 29.7. The van der Waals surface area contributed by atoms with Gasteiger partial charge in [0.2, 0.25) is 11.9 Å². The molecular formula is C24H22ClF6N5O4. The Morgan fingerprint density at radius 1 is 1.00 bits per heavy atom. The highest BCUT2D eigenvalue weighted by Gasteiger charge is 2.38. The highest BCUT2D eigenvalue weighted by Crippen LogP contribution is 2.26. The van der Waals surface area contributed by atoms with Crippen LogP contribution < -0.4 is 26.7 Å². The van der Waals surface area contributed by atoms with Gasteiger partial charge in [-0.2, -0.15) is 31.3 Å². The number of carbonyl (C=O) groups excluding carboxylic acids is 1. The molecule has 0 bridgehead atoms. The molecule has 216 valence electrons. The lowest BCUT2D eigenvalue weighted by Gasteiger charge is -2.18. The molecule has 1 aromatic heterocycles. The summed E-state index contributed by atoms with van der Waals surface area (Å²) in [6, 6.07) is 11.5. The molecule has 0 saturated heterocycles. The van der Waals surface area contributed by atoms with Gasteiger partial charge >= 0.3 is 23.7 Å². The molecule has 0 fully saturated rings. The van der Waals surface area contributed by atoms with Gasteiger partial charge in [0, 0.05) is 23.7 Å². The van der Waals surface area contributed by atoms with Crippen molar-refractivity contribution in [3.63, 3.8) is 0 Å². The highest BCUT2D eigenvalue weighted by molar-refractivity contribution is 6.30. The molecule has 0 saturated carbocycles. The molecule has 1 amide bonds. The molecular weight excluding hydrogens is 572 g/mol. The third-order valence-corrected chi connectivity index (χ3v) is 5.59. The van der Waals surface area contributed by atoms with Crippen molar-refractivity contribution in [3.8, 4) is 5.75 Å². The Labute approximate surface area is 227 Å². The molecule has 2 aromatic carbocycles. The Hall–Kier alpha value is -4.01. The van der Waals surface area contributed by atoms with Crippen LogP contribution >= 0.6 is 11.6 Å². The summed E-state index contributed by atoms with van der Waals surface area (Å²) in [4.78, 5) is 41.5. The maximum absolute atomic E-state index is 13.3. The van der Waals surface area contributed by atoms with Crippen LogP contribution in [0.5, 0.6) is 5.75 Å². The number of aromatic nitrogens is 3. The van der Waals surface area contributed by atoms with Crippen molar-refractivity contribution in [2.45, 2.75) is 44.9 Å². The molecule has 3 rings (SSSR count). The first-order valence-corrected chi connectivity index (χ1v) is 11.9. The van der Waals surface area contributed by atoms with E-state index in [0.717, 1.165) is 11.5 Å². The zero-order valence-electron chi connectivity index (χ0n) is 20.6. The van der Waals surface area contributed by atoms with E-state index in [2.05, 4.69) is 10.3 Å². The summed E-state index contributed by atoms with van der Waals surface area (Å²) in [5, 5.41) is 4.83. The molecule has 0 spiro atoms. The Kier molecular flexibility index (Phi) is 9.50. The maximum Gasteiger partial charge on any atom is 0.425 e. The topological polar surface area (TPSA) is 107 Å². The highest BCUT2D eigenvalue weighted by atomic mass is 35.5. The van der Waals surface area contributed by atoms with Gasteiger partial charge in [0.25, 0.3) is 0 Å². The minimum absolute atomic E-state index is 0.0823. The van der Waals surface area contributed by atoms with Gasteiger partial charge in [-0.15, -0.1) is 0 Å². The van der Waals surface area contributed by atoms with Crippen molar-refractivity contribution in [1.82, 2.24) is 19.4 Å². The smallest absolute Gasteiger partial charge is 0.425 e. The van der Waals surface area contributed by atoms with Gasteiger partial charge in [-0.1, -0.05) is 23.7 Å². The van der Waals surface area contributed by atoms with Crippen molar-refractivity contribution >= 4 is 29.1 Å². The Morgan fingerprint density at radius 2 is 1.62 bits per heavy atom. The lowest BCUT2D eigenvalue weighted by molar-refractivity contribution is -0.189. The summed E-state index contributed by atoms with van der Waals surface area (Å²) < 4.78 is 81.8. The van der Waals surface area contributed by atoms with E-state index in [1.165, 1.54) is 24.3 Å². The summed E-state index contributed by atoms with van der Waals surface area (Å²) in [5.41, 5.74) is -1.19. The fourth-order valence-corrected chi connectivity index (χ4v) is 3.37. The molecule has 2 N–H and O–H groups in total. The third-order valence-electron chi connectivity index (χ3n) is 5.34. The summed E-state index contributed by atoms with van der Waals surface area (Å²) in [5.74, 6) is -1.35. The summed E-state index contributed by atoms with van der Waals surface area (Å²) in [6.45, 7) is -1.39. The van der Waals surface area contributed by atoms with Crippen molar-refractivity contribution in [1.29, 1.82) is 0 Å². The predicted octanol–water partition coefficient (Wildman–Crippen LogP) is 4.25. The number of nitrogens with one attached hydrogen (secondary N) is 2. The van der Waals surface area contributed by atoms with Gasteiger partial charge in [0.15, 0.2) is 6.10 Å². The molecule has 0 aliphatic rings. The summed E-state index contributed by atoms with van der Waals surface area (Å²) in [6.07, 6.45) is -11.9. The van der Waals surface area contributed by atoms with Crippen molar-refractivity contribution in [2.75, 3.05) is 11.9 Å². The minimum atomic E-state index is -4.63. The first-order valence-electron chi connectivity index (χ1n) is 11.5. The molecule has 1 atom stereocenters. The molecule has 16 heteroatoms. The van der Waals surface area contributed by atoms with Crippen LogP contribution in [0.1, 0.15) is 18.9 Å². The number of carbonyl (C=O) groups is 1. The first-order chi connectivity index (χ1) is 18.6. The van der Waals surface area contributed by atoms with Gasteiger partial charge in [0.05, 0.1) is 6.54 Å². The Balaban J connectivity index is 1.88. The standard InChI is InChI=1S/C24H22ClF6N5O4/c1-14(24(29,30)31)40-18-8-6-17(7-9-18)33-20-34-21(38)35(11-10-19(37)32-13-23(26,27)28)22(39)36(20)12-15-2-4-16(25)5-3-15/h2-9,14H,10-13H2,1H3,(H,32,37)(H,33,34,38)/t14-/m1/s1. The van der Waals surface area contributed by atoms with Crippen LogP contribution in [0.3, 0.4) is 0 Å². The number of hydrogen-bond acceptors (Lipinski definition) is 6. The molecule has 0 unspecified atom stereocenters. The van der Waals surface area contributed by atoms with E-state index in [4.69, 9.17) is 16.3 Å². The fraction of sp³-hybridized carbons (Fsp3) is 0.333. The normalized spacial score (nSPS) is 12.6. The average Bonchev–Trinajstić information content (AvgIpc) is 2.86. The van der Waals surface area contributed by atoms with E-state index < -0.39 is 55.3 Å². The van der Waals surface area contributed by atoms with Crippen LogP contribution in [-0.2, 0) is 17.9 Å². The summed E-state index contributed by atoms with van der Waals surface area (Å²) in [7, 11) is 0. The number of nitrogens with zero attached hydrogens (tertiary/aromatic N) is 3. The molecule has 3 aromatic rings. The zero-order valence-corrected chi connectivity index (χ0v) is 21.4. The second-order valence-electron chi connectivity index (χ2n) is 8.46. The number of anilines is 2. The van der Waals surface area contributed by atoms with E-state index in [1.54, 1.807) is 29.6 Å². The second-order valence-corrected chi connectivity index (χ2v) is 8.89. The number of benzene rings is 2. The molecule has 9 nitrogen and oxygen atoms in total. The van der Waals surface area contributed by atoms with Gasteiger partial charge in [0.1, 0.15) is 12.3 Å². The van der Waals surface area contributed by atoms with E-state index in [9.17, 15) is 40.7 Å². The number of halogens is 7. The quantitative estimate of drug-likeness (QED) is 0.341. The number of hydrogen-bond donors (Lipinski definition) is 2. The van der Waals surface area contributed by atoms with Gasteiger partial charge in [-0.05, 0) is 48.9 Å². The lowest BCUT2D eigenvalue weighted by Crippen LogP contribution is -2.44. The number of alkyl halides is 6. The monoisotopic (exact) mass is 593 g/mol. The first kappa shape index (κ1) is 30.5. The number of ether oxygens (including phenoxy) is 1. The van der Waals surface area contributed by atoms with E-state index >= 15 is 0 Å². The van der Waals surface area contributed by atoms with E-state index in [0.29, 0.717) is 15.2 Å². The van der Waals surface area contributed by atoms with E-state index in [-0.39, 0.29) is 23.9 Å². The molecule has 40 heavy (non-hydrogen) atoms. The molecule has 0 radical (unpaired) electrons. The second kappa shape index (κ2) is 12.4.